The van der Waals surface area contributed by atoms with Crippen molar-refractivity contribution < 1.29 is 13.2 Å². The summed E-state index contributed by atoms with van der Waals surface area (Å²) in [6.07, 6.45) is 2.00. The lowest BCUT2D eigenvalue weighted by Crippen LogP contribution is -2.47. The molecule has 1 heterocycles. The van der Waals surface area contributed by atoms with Crippen LogP contribution in [-0.2, 0) is 10.0 Å². The molecule has 1 saturated heterocycles. The maximum absolute atomic E-state index is 13.0. The van der Waals surface area contributed by atoms with E-state index in [0.29, 0.717) is 34.9 Å². The average Bonchev–Trinajstić information content (AvgIpc) is 2.70. The van der Waals surface area contributed by atoms with Crippen LogP contribution in [0, 0.1) is 6.92 Å². The van der Waals surface area contributed by atoms with Crippen LogP contribution in [0.1, 0.15) is 28.8 Å². The van der Waals surface area contributed by atoms with E-state index in [2.05, 4.69) is 25.6 Å². The number of aryl methyl sites for hydroxylation is 1. The number of hydrogen-bond donors (Lipinski definition) is 1. The molecule has 0 radical (unpaired) electrons. The highest BCUT2D eigenvalue weighted by molar-refractivity contribution is 9.10. The number of halogens is 1. The molecule has 3 rings (SSSR count). The summed E-state index contributed by atoms with van der Waals surface area (Å²) < 4.78 is 29.0. The van der Waals surface area contributed by atoms with Gasteiger partial charge < -0.3 is 9.80 Å². The van der Waals surface area contributed by atoms with E-state index >= 15 is 0 Å². The van der Waals surface area contributed by atoms with E-state index in [-0.39, 0.29) is 10.8 Å². The highest BCUT2D eigenvalue weighted by Crippen LogP contribution is 2.26. The molecular formula is C21H26BrN3O3S. The summed E-state index contributed by atoms with van der Waals surface area (Å²) in [7, 11) is 0.207. The fraction of sp³-hybridized carbons (Fsp3) is 0.381. The van der Waals surface area contributed by atoms with E-state index in [1.54, 1.807) is 24.3 Å². The fourth-order valence-corrected chi connectivity index (χ4v) is 5.05. The molecule has 2 aromatic carbocycles. The Morgan fingerprint density at radius 2 is 1.97 bits per heavy atom. The molecular weight excluding hydrogens is 454 g/mol. The van der Waals surface area contributed by atoms with Crippen molar-refractivity contribution >= 4 is 37.5 Å². The van der Waals surface area contributed by atoms with Gasteiger partial charge in [-0.1, -0.05) is 12.1 Å². The van der Waals surface area contributed by atoms with Crippen LogP contribution in [0.5, 0.6) is 0 Å². The molecule has 1 aliphatic rings. The van der Waals surface area contributed by atoms with Gasteiger partial charge in [0.25, 0.3) is 15.9 Å². The molecule has 0 bridgehead atoms. The number of benzene rings is 2. The van der Waals surface area contributed by atoms with E-state index in [0.717, 1.165) is 18.4 Å². The third kappa shape index (κ3) is 5.18. The number of piperidine rings is 1. The highest BCUT2D eigenvalue weighted by Gasteiger charge is 2.26. The Balaban J connectivity index is 1.83. The van der Waals surface area contributed by atoms with Gasteiger partial charge >= 0.3 is 0 Å². The molecule has 0 aliphatic carbocycles. The maximum atomic E-state index is 13.0. The van der Waals surface area contributed by atoms with Gasteiger partial charge in [0, 0.05) is 29.2 Å². The molecule has 1 aliphatic heterocycles. The summed E-state index contributed by atoms with van der Waals surface area (Å²) in [5.74, 6) is -0.134. The van der Waals surface area contributed by atoms with E-state index < -0.39 is 10.0 Å². The molecule has 1 amide bonds. The molecule has 1 atom stereocenters. The molecule has 2 aromatic rings. The van der Waals surface area contributed by atoms with E-state index in [9.17, 15) is 13.2 Å². The summed E-state index contributed by atoms with van der Waals surface area (Å²) in [6.45, 7) is 3.23. The van der Waals surface area contributed by atoms with Crippen LogP contribution in [0.25, 0.3) is 0 Å². The van der Waals surface area contributed by atoms with Gasteiger partial charge in [-0.15, -0.1) is 0 Å². The lowest BCUT2D eigenvalue weighted by molar-refractivity contribution is 0.0635. The topological polar surface area (TPSA) is 69.7 Å². The number of rotatable bonds is 5. The van der Waals surface area contributed by atoms with E-state index in [1.165, 1.54) is 12.1 Å². The van der Waals surface area contributed by atoms with Crippen LogP contribution in [0.4, 0.5) is 5.69 Å². The highest BCUT2D eigenvalue weighted by atomic mass is 79.9. The zero-order valence-corrected chi connectivity index (χ0v) is 19.3. The van der Waals surface area contributed by atoms with E-state index in [1.807, 2.05) is 32.0 Å². The number of anilines is 1. The zero-order valence-electron chi connectivity index (χ0n) is 16.9. The molecule has 0 aromatic heterocycles. The molecule has 1 fully saturated rings. The lowest BCUT2D eigenvalue weighted by Gasteiger charge is -2.36. The molecule has 1 N–H and O–H groups in total. The van der Waals surface area contributed by atoms with Crippen molar-refractivity contribution in [1.29, 1.82) is 0 Å². The predicted octanol–water partition coefficient (Wildman–Crippen LogP) is 3.72. The van der Waals surface area contributed by atoms with Crippen molar-refractivity contribution in [3.05, 3.63) is 58.1 Å². The molecule has 156 valence electrons. The average molecular weight is 480 g/mol. The largest absolute Gasteiger partial charge is 0.337 e. The summed E-state index contributed by atoms with van der Waals surface area (Å²) in [5.41, 5.74) is 1.79. The summed E-state index contributed by atoms with van der Waals surface area (Å²) in [6, 6.07) is 12.0. The summed E-state index contributed by atoms with van der Waals surface area (Å²) in [5, 5.41) is 0. The van der Waals surface area contributed by atoms with Gasteiger partial charge in [-0.25, -0.2) is 8.42 Å². The van der Waals surface area contributed by atoms with Gasteiger partial charge in [0.05, 0.1) is 10.6 Å². The summed E-state index contributed by atoms with van der Waals surface area (Å²) in [4.78, 5) is 17.0. The van der Waals surface area contributed by atoms with Crippen molar-refractivity contribution in [3.8, 4) is 0 Å². The van der Waals surface area contributed by atoms with Crippen LogP contribution in [0.3, 0.4) is 0 Å². The van der Waals surface area contributed by atoms with Crippen LogP contribution in [-0.4, -0.2) is 57.4 Å². The molecule has 0 spiro atoms. The zero-order chi connectivity index (χ0) is 21.2. The summed E-state index contributed by atoms with van der Waals surface area (Å²) >= 11 is 3.37. The van der Waals surface area contributed by atoms with E-state index in [4.69, 9.17) is 0 Å². The van der Waals surface area contributed by atoms with Crippen molar-refractivity contribution in [3.63, 3.8) is 0 Å². The minimum atomic E-state index is -3.82. The monoisotopic (exact) mass is 479 g/mol. The Hall–Kier alpha value is -1.90. The maximum Gasteiger partial charge on any atom is 0.261 e. The number of hydrogen-bond acceptors (Lipinski definition) is 4. The minimum Gasteiger partial charge on any atom is -0.337 e. The second-order valence-corrected chi connectivity index (χ2v) is 10.2. The quantitative estimate of drug-likeness (QED) is 0.709. The second-order valence-electron chi connectivity index (χ2n) is 7.63. The van der Waals surface area contributed by atoms with Gasteiger partial charge in [-0.05, 0) is 85.7 Å². The van der Waals surface area contributed by atoms with Gasteiger partial charge in [-0.2, -0.15) is 0 Å². The van der Waals surface area contributed by atoms with Crippen LogP contribution >= 0.6 is 15.9 Å². The molecule has 1 unspecified atom stereocenters. The van der Waals surface area contributed by atoms with Crippen molar-refractivity contribution in [2.75, 3.05) is 31.9 Å². The number of sulfonamides is 1. The number of carbonyl (C=O) groups is 1. The standard InChI is InChI=1S/C21H26BrN3O3S/c1-15-9-10-19(22)20(12-15)23-29(27,28)18-8-4-6-16(13-18)21(26)25-11-5-7-17(14-25)24(2)3/h4,6,8-10,12-13,17,23H,5,7,11,14H2,1-3H3. The first-order valence-corrected chi connectivity index (χ1v) is 11.8. The third-order valence-corrected chi connectivity index (χ3v) is 7.23. The van der Waals surface area contributed by atoms with Gasteiger partial charge in [0.2, 0.25) is 0 Å². The van der Waals surface area contributed by atoms with Gasteiger partial charge in [-0.3, -0.25) is 9.52 Å². The minimum absolute atomic E-state index is 0.0675. The van der Waals surface area contributed by atoms with Crippen LogP contribution < -0.4 is 4.72 Å². The van der Waals surface area contributed by atoms with Crippen LogP contribution in [0.15, 0.2) is 51.8 Å². The smallest absolute Gasteiger partial charge is 0.261 e. The SMILES string of the molecule is Cc1ccc(Br)c(NS(=O)(=O)c2cccc(C(=O)N3CCCC(N(C)C)C3)c2)c1. The van der Waals surface area contributed by atoms with Crippen LogP contribution in [0.2, 0.25) is 0 Å². The normalized spacial score (nSPS) is 17.4. The Kier molecular flexibility index (Phi) is 6.65. The predicted molar refractivity (Wildman–Crippen MR) is 119 cm³/mol. The third-order valence-electron chi connectivity index (χ3n) is 5.17. The van der Waals surface area contributed by atoms with Gasteiger partial charge in [0.1, 0.15) is 0 Å². The molecule has 29 heavy (non-hydrogen) atoms. The molecule has 6 nitrogen and oxygen atoms in total. The number of nitrogens with one attached hydrogen (secondary N) is 1. The first-order valence-electron chi connectivity index (χ1n) is 9.52. The molecule has 8 heteroatoms. The number of nitrogens with zero attached hydrogens (tertiary/aromatic N) is 2. The first kappa shape index (κ1) is 21.8. The molecule has 0 saturated carbocycles. The Morgan fingerprint density at radius 1 is 1.21 bits per heavy atom. The number of likely N-dealkylation sites (N-methyl/N-ethyl adjacent to an activating group) is 1. The van der Waals surface area contributed by atoms with Crippen molar-refractivity contribution in [2.45, 2.75) is 30.7 Å². The lowest BCUT2D eigenvalue weighted by atomic mass is 10.0. The number of likely N-dealkylation sites (tertiary alicyclic amines) is 1. The number of carbonyl (C=O) groups excluding carboxylic acids is 1. The second kappa shape index (κ2) is 8.85. The Bertz CT molecular complexity index is 1010. The first-order chi connectivity index (χ1) is 13.7. The Morgan fingerprint density at radius 3 is 2.69 bits per heavy atom. The number of amides is 1. The van der Waals surface area contributed by atoms with Crippen molar-refractivity contribution in [2.24, 2.45) is 0 Å². The van der Waals surface area contributed by atoms with Gasteiger partial charge in [0.15, 0.2) is 0 Å². The Labute approximate surface area is 181 Å². The van der Waals surface area contributed by atoms with Crippen molar-refractivity contribution in [1.82, 2.24) is 9.80 Å². The fourth-order valence-electron chi connectivity index (χ4n) is 3.46.